The Morgan fingerprint density at radius 2 is 1.82 bits per heavy atom. The molecule has 17 heavy (non-hydrogen) atoms. The van der Waals surface area contributed by atoms with Crippen LogP contribution in [0.25, 0.3) is 0 Å². The highest BCUT2D eigenvalue weighted by molar-refractivity contribution is 9.10. The Balaban J connectivity index is 2.10. The highest BCUT2D eigenvalue weighted by atomic mass is 79.9. The number of pyridine rings is 1. The third-order valence-electron chi connectivity index (χ3n) is 2.26. The molecular formula is C12H9BrCl2N2. The van der Waals surface area contributed by atoms with E-state index in [0.717, 1.165) is 15.9 Å². The molecule has 0 unspecified atom stereocenters. The average molecular weight is 332 g/mol. The van der Waals surface area contributed by atoms with Crippen LogP contribution >= 0.6 is 39.1 Å². The Kier molecular flexibility index (Phi) is 4.26. The molecule has 0 radical (unpaired) electrons. The third-order valence-corrected chi connectivity index (χ3v) is 3.44. The third kappa shape index (κ3) is 3.35. The summed E-state index contributed by atoms with van der Waals surface area (Å²) in [5, 5.41) is 4.54. The molecule has 88 valence electrons. The first kappa shape index (κ1) is 12.7. The molecule has 0 bridgehead atoms. The predicted molar refractivity (Wildman–Crippen MR) is 75.7 cm³/mol. The van der Waals surface area contributed by atoms with Crippen molar-refractivity contribution in [2.75, 3.05) is 5.32 Å². The first-order valence-corrected chi connectivity index (χ1v) is 6.50. The Labute approximate surface area is 118 Å². The van der Waals surface area contributed by atoms with Crippen molar-refractivity contribution in [2.45, 2.75) is 6.54 Å². The zero-order valence-corrected chi connectivity index (χ0v) is 11.9. The minimum Gasteiger partial charge on any atom is -0.380 e. The highest BCUT2D eigenvalue weighted by Gasteiger charge is 2.04. The lowest BCUT2D eigenvalue weighted by molar-refractivity contribution is 1.13. The number of aromatic nitrogens is 1. The standard InChI is InChI=1S/C12H9BrCl2N2/c13-12-5-4-8(6-17-12)16-7-9-10(14)2-1-3-11(9)15/h1-6,16H,7H2. The summed E-state index contributed by atoms with van der Waals surface area (Å²) in [4.78, 5) is 4.12. The van der Waals surface area contributed by atoms with Crippen molar-refractivity contribution in [2.24, 2.45) is 0 Å². The van der Waals surface area contributed by atoms with E-state index in [0.29, 0.717) is 16.6 Å². The topological polar surface area (TPSA) is 24.9 Å². The molecule has 0 spiro atoms. The predicted octanol–water partition coefficient (Wildman–Crippen LogP) is 4.76. The van der Waals surface area contributed by atoms with Gasteiger partial charge in [-0.2, -0.15) is 0 Å². The highest BCUT2D eigenvalue weighted by Crippen LogP contribution is 2.25. The maximum atomic E-state index is 6.07. The van der Waals surface area contributed by atoms with Crippen molar-refractivity contribution in [3.63, 3.8) is 0 Å². The van der Waals surface area contributed by atoms with Crippen molar-refractivity contribution in [3.05, 3.63) is 56.7 Å². The molecule has 0 saturated carbocycles. The number of anilines is 1. The Morgan fingerprint density at radius 3 is 2.41 bits per heavy atom. The number of benzene rings is 1. The molecule has 1 heterocycles. The van der Waals surface area contributed by atoms with E-state index in [4.69, 9.17) is 23.2 Å². The first-order valence-electron chi connectivity index (χ1n) is 4.95. The van der Waals surface area contributed by atoms with Crippen LogP contribution in [-0.2, 0) is 6.54 Å². The second kappa shape index (κ2) is 5.71. The van der Waals surface area contributed by atoms with Gasteiger partial charge in [0.1, 0.15) is 4.60 Å². The summed E-state index contributed by atoms with van der Waals surface area (Å²) >= 11 is 15.4. The van der Waals surface area contributed by atoms with Crippen LogP contribution in [0.3, 0.4) is 0 Å². The molecule has 0 saturated heterocycles. The summed E-state index contributed by atoms with van der Waals surface area (Å²) in [5.74, 6) is 0. The van der Waals surface area contributed by atoms with Gasteiger partial charge in [-0.1, -0.05) is 29.3 Å². The van der Waals surface area contributed by atoms with Gasteiger partial charge in [-0.15, -0.1) is 0 Å². The van der Waals surface area contributed by atoms with Crippen LogP contribution in [0.15, 0.2) is 41.1 Å². The van der Waals surface area contributed by atoms with Crippen LogP contribution in [0.2, 0.25) is 10.0 Å². The zero-order chi connectivity index (χ0) is 12.3. The number of hydrogen-bond donors (Lipinski definition) is 1. The Bertz CT molecular complexity index is 494. The molecule has 0 aliphatic carbocycles. The van der Waals surface area contributed by atoms with E-state index in [1.54, 1.807) is 6.20 Å². The van der Waals surface area contributed by atoms with Crippen LogP contribution in [0.1, 0.15) is 5.56 Å². The number of nitrogens with one attached hydrogen (secondary N) is 1. The maximum absolute atomic E-state index is 6.07. The monoisotopic (exact) mass is 330 g/mol. The van der Waals surface area contributed by atoms with Crippen LogP contribution in [0, 0.1) is 0 Å². The summed E-state index contributed by atoms with van der Waals surface area (Å²) < 4.78 is 0.804. The number of halogens is 3. The number of hydrogen-bond acceptors (Lipinski definition) is 2. The van der Waals surface area contributed by atoms with Crippen molar-refractivity contribution in [1.29, 1.82) is 0 Å². The summed E-state index contributed by atoms with van der Waals surface area (Å²) in [5.41, 5.74) is 1.81. The lowest BCUT2D eigenvalue weighted by atomic mass is 10.2. The van der Waals surface area contributed by atoms with E-state index in [2.05, 4.69) is 26.2 Å². The maximum Gasteiger partial charge on any atom is 0.106 e. The molecule has 2 aromatic rings. The smallest absolute Gasteiger partial charge is 0.106 e. The van der Waals surface area contributed by atoms with E-state index >= 15 is 0 Å². The van der Waals surface area contributed by atoms with Crippen molar-refractivity contribution in [1.82, 2.24) is 4.98 Å². The summed E-state index contributed by atoms with van der Waals surface area (Å²) in [6, 6.07) is 9.28. The normalized spacial score (nSPS) is 10.3. The van der Waals surface area contributed by atoms with Crippen LogP contribution in [0.4, 0.5) is 5.69 Å². The summed E-state index contributed by atoms with van der Waals surface area (Å²) in [6.07, 6.45) is 1.74. The van der Waals surface area contributed by atoms with Gasteiger partial charge in [0, 0.05) is 22.2 Å². The molecule has 1 aromatic heterocycles. The van der Waals surface area contributed by atoms with Crippen molar-refractivity contribution >= 4 is 44.8 Å². The van der Waals surface area contributed by atoms with Gasteiger partial charge in [-0.05, 0) is 40.2 Å². The van der Waals surface area contributed by atoms with E-state index < -0.39 is 0 Å². The van der Waals surface area contributed by atoms with Crippen LogP contribution in [0.5, 0.6) is 0 Å². The lowest BCUT2D eigenvalue weighted by Gasteiger charge is -2.09. The number of nitrogens with zero attached hydrogens (tertiary/aromatic N) is 1. The van der Waals surface area contributed by atoms with Gasteiger partial charge in [0.15, 0.2) is 0 Å². The van der Waals surface area contributed by atoms with E-state index in [-0.39, 0.29) is 0 Å². The minimum absolute atomic E-state index is 0.571. The second-order valence-electron chi connectivity index (χ2n) is 3.42. The zero-order valence-electron chi connectivity index (χ0n) is 8.75. The molecular weight excluding hydrogens is 323 g/mol. The van der Waals surface area contributed by atoms with E-state index in [1.165, 1.54) is 0 Å². The fourth-order valence-corrected chi connectivity index (χ4v) is 2.14. The van der Waals surface area contributed by atoms with Gasteiger partial charge in [0.2, 0.25) is 0 Å². The Hall–Kier alpha value is -0.770. The van der Waals surface area contributed by atoms with Gasteiger partial charge in [0.25, 0.3) is 0 Å². The fraction of sp³-hybridized carbons (Fsp3) is 0.0833. The molecule has 5 heteroatoms. The summed E-state index contributed by atoms with van der Waals surface area (Å²) in [7, 11) is 0. The molecule has 0 amide bonds. The SMILES string of the molecule is Clc1cccc(Cl)c1CNc1ccc(Br)nc1. The second-order valence-corrected chi connectivity index (χ2v) is 5.05. The van der Waals surface area contributed by atoms with Gasteiger partial charge >= 0.3 is 0 Å². The Morgan fingerprint density at radius 1 is 1.12 bits per heavy atom. The van der Waals surface area contributed by atoms with E-state index in [1.807, 2.05) is 30.3 Å². The van der Waals surface area contributed by atoms with E-state index in [9.17, 15) is 0 Å². The first-order chi connectivity index (χ1) is 8.16. The molecule has 0 aliphatic heterocycles. The minimum atomic E-state index is 0.571. The molecule has 2 rings (SSSR count). The van der Waals surface area contributed by atoms with Gasteiger partial charge < -0.3 is 5.32 Å². The number of rotatable bonds is 3. The quantitative estimate of drug-likeness (QED) is 0.820. The van der Waals surface area contributed by atoms with Crippen molar-refractivity contribution in [3.8, 4) is 0 Å². The van der Waals surface area contributed by atoms with Gasteiger partial charge in [-0.3, -0.25) is 0 Å². The van der Waals surface area contributed by atoms with Crippen LogP contribution < -0.4 is 5.32 Å². The van der Waals surface area contributed by atoms with Gasteiger partial charge in [0.05, 0.1) is 11.9 Å². The molecule has 2 nitrogen and oxygen atoms in total. The van der Waals surface area contributed by atoms with Crippen molar-refractivity contribution < 1.29 is 0 Å². The molecule has 0 fully saturated rings. The molecule has 1 N–H and O–H groups in total. The fourth-order valence-electron chi connectivity index (χ4n) is 1.37. The largest absolute Gasteiger partial charge is 0.380 e. The average Bonchev–Trinajstić information content (AvgIpc) is 2.31. The summed E-state index contributed by atoms with van der Waals surface area (Å²) in [6.45, 7) is 0.571. The van der Waals surface area contributed by atoms with Crippen LogP contribution in [-0.4, -0.2) is 4.98 Å². The molecule has 0 aliphatic rings. The van der Waals surface area contributed by atoms with Gasteiger partial charge in [-0.25, -0.2) is 4.98 Å². The molecule has 1 aromatic carbocycles. The molecule has 0 atom stereocenters. The lowest BCUT2D eigenvalue weighted by Crippen LogP contribution is -2.01.